The Kier molecular flexibility index (Phi) is 1.50. The highest BCUT2D eigenvalue weighted by molar-refractivity contribution is 6.13. The van der Waals surface area contributed by atoms with Gasteiger partial charge in [-0.3, -0.25) is 0 Å². The van der Waals surface area contributed by atoms with Crippen LogP contribution in [0, 0.1) is 0 Å². The predicted octanol–water partition coefficient (Wildman–Crippen LogP) is 3.47. The van der Waals surface area contributed by atoms with Crippen LogP contribution in [0.25, 0.3) is 33.0 Å². The summed E-state index contributed by atoms with van der Waals surface area (Å²) in [6.07, 6.45) is 1.82. The highest BCUT2D eigenvalue weighted by atomic mass is 16.3. The Bertz CT molecular complexity index is 854. The first-order valence-electron chi connectivity index (χ1n) is 5.56. The number of rotatable bonds is 0. The number of imidazole rings is 1. The summed E-state index contributed by atoms with van der Waals surface area (Å²) in [5.41, 5.74) is 3.82. The Balaban J connectivity index is 2.34. The van der Waals surface area contributed by atoms with Gasteiger partial charge in [0.15, 0.2) is 5.58 Å². The van der Waals surface area contributed by atoms with E-state index in [2.05, 4.69) is 23.2 Å². The van der Waals surface area contributed by atoms with Gasteiger partial charge in [-0.05, 0) is 18.2 Å². The second-order valence-electron chi connectivity index (χ2n) is 4.26. The van der Waals surface area contributed by atoms with Crippen LogP contribution in [-0.2, 0) is 7.05 Å². The van der Waals surface area contributed by atoms with Crippen molar-refractivity contribution < 1.29 is 4.42 Å². The van der Waals surface area contributed by atoms with Crippen molar-refractivity contribution in [2.24, 2.45) is 7.05 Å². The number of aryl methyl sites for hydroxylation is 1. The molecule has 0 atom stereocenters. The summed E-state index contributed by atoms with van der Waals surface area (Å²) < 4.78 is 7.91. The van der Waals surface area contributed by atoms with Crippen LogP contribution in [-0.4, -0.2) is 9.55 Å². The average molecular weight is 222 g/mol. The number of hydrogen-bond acceptors (Lipinski definition) is 2. The number of para-hydroxylation sites is 1. The predicted molar refractivity (Wildman–Crippen MR) is 68.0 cm³/mol. The van der Waals surface area contributed by atoms with Crippen molar-refractivity contribution in [3.8, 4) is 0 Å². The molecular weight excluding hydrogens is 212 g/mol. The van der Waals surface area contributed by atoms with Crippen molar-refractivity contribution in [3.63, 3.8) is 0 Å². The lowest BCUT2D eigenvalue weighted by molar-refractivity contribution is 0.672. The highest BCUT2D eigenvalue weighted by Crippen LogP contribution is 2.32. The summed E-state index contributed by atoms with van der Waals surface area (Å²) in [7, 11) is 1.99. The molecule has 2 heterocycles. The molecule has 3 heteroatoms. The molecule has 3 nitrogen and oxygen atoms in total. The van der Waals surface area contributed by atoms with E-state index < -0.39 is 0 Å². The van der Waals surface area contributed by atoms with Gasteiger partial charge in [-0.2, -0.15) is 0 Å². The summed E-state index contributed by atoms with van der Waals surface area (Å²) in [4.78, 5) is 4.41. The van der Waals surface area contributed by atoms with E-state index in [0.29, 0.717) is 0 Å². The van der Waals surface area contributed by atoms with Gasteiger partial charge in [0.05, 0.1) is 11.8 Å². The minimum atomic E-state index is 0.879. The third-order valence-electron chi connectivity index (χ3n) is 3.24. The Labute approximate surface area is 97.3 Å². The molecule has 0 aliphatic heterocycles. The summed E-state index contributed by atoms with van der Waals surface area (Å²) in [5.74, 6) is 0. The fourth-order valence-corrected chi connectivity index (χ4v) is 2.38. The SMILES string of the molecule is Cn1cnc2c3oc4ccccc4c3ccc21. The van der Waals surface area contributed by atoms with Gasteiger partial charge >= 0.3 is 0 Å². The van der Waals surface area contributed by atoms with Crippen molar-refractivity contribution in [3.05, 3.63) is 42.7 Å². The zero-order valence-corrected chi connectivity index (χ0v) is 9.34. The molecule has 0 fully saturated rings. The first-order chi connectivity index (χ1) is 8.34. The van der Waals surface area contributed by atoms with Gasteiger partial charge < -0.3 is 8.98 Å². The van der Waals surface area contributed by atoms with Gasteiger partial charge in [0, 0.05) is 17.8 Å². The molecule has 4 aromatic rings. The monoisotopic (exact) mass is 222 g/mol. The van der Waals surface area contributed by atoms with E-state index >= 15 is 0 Å². The second kappa shape index (κ2) is 2.88. The molecule has 82 valence electrons. The van der Waals surface area contributed by atoms with Gasteiger partial charge in [-0.1, -0.05) is 18.2 Å². The molecule has 2 aromatic carbocycles. The quantitative estimate of drug-likeness (QED) is 0.456. The molecule has 0 aliphatic carbocycles. The smallest absolute Gasteiger partial charge is 0.163 e. The van der Waals surface area contributed by atoms with E-state index in [4.69, 9.17) is 4.42 Å². The van der Waals surface area contributed by atoms with Crippen LogP contribution >= 0.6 is 0 Å². The standard InChI is InChI=1S/C14H10N2O/c1-16-8-15-13-11(16)7-6-10-9-4-2-3-5-12(9)17-14(10)13/h2-8H,1H3. The Hall–Kier alpha value is -2.29. The molecule has 0 radical (unpaired) electrons. The first kappa shape index (κ1) is 8.82. The van der Waals surface area contributed by atoms with Crippen LogP contribution in [0.3, 0.4) is 0 Å². The van der Waals surface area contributed by atoms with E-state index in [-0.39, 0.29) is 0 Å². The lowest BCUT2D eigenvalue weighted by atomic mass is 10.1. The maximum atomic E-state index is 5.90. The largest absolute Gasteiger partial charge is 0.454 e. The van der Waals surface area contributed by atoms with Crippen LogP contribution in [0.4, 0.5) is 0 Å². The van der Waals surface area contributed by atoms with E-state index in [1.807, 2.05) is 36.1 Å². The number of nitrogens with zero attached hydrogens (tertiary/aromatic N) is 2. The maximum absolute atomic E-state index is 5.90. The number of aromatic nitrogens is 2. The average Bonchev–Trinajstić information content (AvgIpc) is 2.90. The molecule has 0 saturated heterocycles. The Morgan fingerprint density at radius 1 is 1.06 bits per heavy atom. The number of furan rings is 1. The van der Waals surface area contributed by atoms with Crippen LogP contribution in [0.1, 0.15) is 0 Å². The van der Waals surface area contributed by atoms with E-state index in [0.717, 1.165) is 33.0 Å². The number of benzene rings is 2. The van der Waals surface area contributed by atoms with Gasteiger partial charge in [0.1, 0.15) is 11.1 Å². The third-order valence-corrected chi connectivity index (χ3v) is 3.24. The van der Waals surface area contributed by atoms with Crippen LogP contribution < -0.4 is 0 Å². The third kappa shape index (κ3) is 1.03. The van der Waals surface area contributed by atoms with Crippen molar-refractivity contribution in [1.82, 2.24) is 9.55 Å². The topological polar surface area (TPSA) is 31.0 Å². The molecule has 2 aromatic heterocycles. The van der Waals surface area contributed by atoms with Crippen molar-refractivity contribution >= 4 is 33.0 Å². The van der Waals surface area contributed by atoms with Gasteiger partial charge in [0.25, 0.3) is 0 Å². The van der Waals surface area contributed by atoms with E-state index in [9.17, 15) is 0 Å². The lowest BCUT2D eigenvalue weighted by Gasteiger charge is -1.93. The molecule has 0 N–H and O–H groups in total. The molecule has 0 unspecified atom stereocenters. The molecule has 0 aliphatic rings. The van der Waals surface area contributed by atoms with Crippen molar-refractivity contribution in [2.75, 3.05) is 0 Å². The maximum Gasteiger partial charge on any atom is 0.163 e. The summed E-state index contributed by atoms with van der Waals surface area (Å²) >= 11 is 0. The zero-order chi connectivity index (χ0) is 11.4. The normalized spacial score (nSPS) is 11.8. The van der Waals surface area contributed by atoms with Gasteiger partial charge in [0.2, 0.25) is 0 Å². The molecule has 0 bridgehead atoms. The zero-order valence-electron chi connectivity index (χ0n) is 9.34. The summed E-state index contributed by atoms with van der Waals surface area (Å²) in [6, 6.07) is 12.3. The van der Waals surface area contributed by atoms with Gasteiger partial charge in [-0.15, -0.1) is 0 Å². The van der Waals surface area contributed by atoms with Crippen LogP contribution in [0.15, 0.2) is 47.1 Å². The highest BCUT2D eigenvalue weighted by Gasteiger charge is 2.11. The van der Waals surface area contributed by atoms with E-state index in [1.165, 1.54) is 0 Å². The second-order valence-corrected chi connectivity index (χ2v) is 4.26. The summed E-state index contributed by atoms with van der Waals surface area (Å²) in [6.45, 7) is 0. The molecule has 0 amide bonds. The minimum Gasteiger partial charge on any atom is -0.454 e. The van der Waals surface area contributed by atoms with Crippen molar-refractivity contribution in [2.45, 2.75) is 0 Å². The molecule has 4 rings (SSSR count). The first-order valence-corrected chi connectivity index (χ1v) is 5.56. The number of hydrogen-bond donors (Lipinski definition) is 0. The molecular formula is C14H10N2O. The molecule has 0 saturated carbocycles. The molecule has 0 spiro atoms. The van der Waals surface area contributed by atoms with Crippen molar-refractivity contribution in [1.29, 1.82) is 0 Å². The Morgan fingerprint density at radius 3 is 2.88 bits per heavy atom. The Morgan fingerprint density at radius 2 is 1.94 bits per heavy atom. The number of fused-ring (bicyclic) bond motifs is 5. The summed E-state index contributed by atoms with van der Waals surface area (Å²) in [5, 5.41) is 2.28. The van der Waals surface area contributed by atoms with Crippen LogP contribution in [0.2, 0.25) is 0 Å². The lowest BCUT2D eigenvalue weighted by Crippen LogP contribution is -1.82. The minimum absolute atomic E-state index is 0.879. The van der Waals surface area contributed by atoms with Gasteiger partial charge in [-0.25, -0.2) is 4.98 Å². The van der Waals surface area contributed by atoms with E-state index in [1.54, 1.807) is 0 Å². The molecule has 17 heavy (non-hydrogen) atoms. The van der Waals surface area contributed by atoms with Crippen LogP contribution in [0.5, 0.6) is 0 Å². The fraction of sp³-hybridized carbons (Fsp3) is 0.0714. The fourth-order valence-electron chi connectivity index (χ4n) is 2.38.